The van der Waals surface area contributed by atoms with Crippen molar-refractivity contribution in [1.82, 2.24) is 0 Å². The molecule has 7 nitrogen and oxygen atoms in total. The van der Waals surface area contributed by atoms with Crippen LogP contribution in [0.5, 0.6) is 0 Å². The minimum atomic E-state index is -0.961. The molecule has 0 aliphatic heterocycles. The maximum Gasteiger partial charge on any atom is 0.339 e. The molecule has 8 heteroatoms. The Morgan fingerprint density at radius 3 is 1.92 bits per heavy atom. The van der Waals surface area contributed by atoms with Crippen molar-refractivity contribution in [2.24, 2.45) is 16.7 Å². The van der Waals surface area contributed by atoms with Gasteiger partial charge in [-0.05, 0) is 104 Å². The lowest BCUT2D eigenvalue weighted by molar-refractivity contribution is -0.192. The quantitative estimate of drug-likeness (QED) is 0.109. The van der Waals surface area contributed by atoms with Gasteiger partial charge in [-0.15, -0.1) is 11.3 Å². The predicted octanol–water partition coefficient (Wildman–Crippen LogP) is 9.79. The highest BCUT2D eigenvalue weighted by molar-refractivity contribution is 7.24. The zero-order chi connectivity index (χ0) is 37.4. The zero-order valence-electron chi connectivity index (χ0n) is 32.6. The fourth-order valence-electron chi connectivity index (χ4n) is 5.42. The van der Waals surface area contributed by atoms with E-state index in [4.69, 9.17) is 18.9 Å². The van der Waals surface area contributed by atoms with E-state index in [1.807, 2.05) is 45.0 Å². The molecule has 1 aromatic heterocycles. The van der Waals surface area contributed by atoms with Gasteiger partial charge >= 0.3 is 5.97 Å². The summed E-state index contributed by atoms with van der Waals surface area (Å²) in [6.45, 7) is 30.5. The third-order valence-electron chi connectivity index (χ3n) is 11.3. The first-order valence-electron chi connectivity index (χ1n) is 17.4. The molecule has 1 heterocycles. The van der Waals surface area contributed by atoms with E-state index in [1.54, 1.807) is 39.0 Å². The van der Waals surface area contributed by atoms with Crippen molar-refractivity contribution in [2.75, 3.05) is 13.2 Å². The van der Waals surface area contributed by atoms with Crippen LogP contribution in [0.4, 0.5) is 0 Å². The number of ketones is 1. The summed E-state index contributed by atoms with van der Waals surface area (Å²) < 4.78 is 27.3. The van der Waals surface area contributed by atoms with Crippen molar-refractivity contribution in [3.8, 4) is 0 Å². The Balaban J connectivity index is 1.75. The van der Waals surface area contributed by atoms with Crippen molar-refractivity contribution in [1.29, 1.82) is 0 Å². The van der Waals surface area contributed by atoms with Crippen molar-refractivity contribution in [3.05, 3.63) is 58.3 Å². The van der Waals surface area contributed by atoms with Crippen LogP contribution < -0.4 is 5.43 Å². The summed E-state index contributed by atoms with van der Waals surface area (Å²) >= 11 is 1.49. The number of hydrogen-bond donors (Lipinski definition) is 0. The summed E-state index contributed by atoms with van der Waals surface area (Å²) in [5.41, 5.74) is -3.61. The van der Waals surface area contributed by atoms with Gasteiger partial charge < -0.3 is 18.9 Å². The molecule has 0 aliphatic rings. The summed E-state index contributed by atoms with van der Waals surface area (Å²) in [6.07, 6.45) is 0.585. The highest BCUT2D eigenvalue weighted by atomic mass is 32.1. The fraction of sp³-hybridized carbons (Fsp3) is 0.634. The Bertz CT molecular complexity index is 1710. The summed E-state index contributed by atoms with van der Waals surface area (Å²) in [5, 5.41) is 0.980. The number of benzene rings is 2. The van der Waals surface area contributed by atoms with Gasteiger partial charge in [-0.25, -0.2) is 4.79 Å². The second-order valence-electron chi connectivity index (χ2n) is 17.0. The first-order chi connectivity index (χ1) is 22.3. The van der Waals surface area contributed by atoms with Crippen LogP contribution in [0.3, 0.4) is 0 Å². The molecule has 0 amide bonds. The molecule has 2 aromatic carbocycles. The largest absolute Gasteiger partial charge is 0.453 e. The van der Waals surface area contributed by atoms with Gasteiger partial charge in [0, 0.05) is 20.2 Å². The highest BCUT2D eigenvalue weighted by Crippen LogP contribution is 2.43. The molecule has 0 bridgehead atoms. The van der Waals surface area contributed by atoms with E-state index in [0.717, 1.165) is 9.40 Å². The predicted molar refractivity (Wildman–Crippen MR) is 202 cm³/mol. The van der Waals surface area contributed by atoms with E-state index in [2.05, 4.69) is 62.3 Å². The highest BCUT2D eigenvalue weighted by Gasteiger charge is 2.46. The Morgan fingerprint density at radius 1 is 0.735 bits per heavy atom. The lowest BCUT2D eigenvalue weighted by atomic mass is 9.72. The summed E-state index contributed by atoms with van der Waals surface area (Å²) in [6, 6.07) is 12.8. The van der Waals surface area contributed by atoms with Crippen molar-refractivity contribution >= 4 is 43.3 Å². The molecule has 2 atom stereocenters. The van der Waals surface area contributed by atoms with Crippen LogP contribution in [-0.4, -0.2) is 53.5 Å². The average Bonchev–Trinajstić information content (AvgIpc) is 2.98. The fourth-order valence-corrected chi connectivity index (χ4v) is 6.53. The number of esters is 1. The summed E-state index contributed by atoms with van der Waals surface area (Å²) in [5.74, 6) is -0.618. The molecule has 0 fully saturated rings. The Kier molecular flexibility index (Phi) is 12.1. The molecule has 3 rings (SSSR count). The molecule has 0 radical (unpaired) electrons. The topological polar surface area (TPSA) is 88.1 Å². The van der Waals surface area contributed by atoms with Gasteiger partial charge in [-0.2, -0.15) is 0 Å². The summed E-state index contributed by atoms with van der Waals surface area (Å²) in [7, 11) is 0. The standard InChI is InChI=1S/C41H60O7S/c1-26(2)41(15,48-35(44)30-20-18-22-32-33(30)34(43)29-19-16-17-21-31(29)49-32)25-46-39(11,12)36(5,6)23-27(3)47-40(13,14)37(7,8)24-45-38(9,10)28(4)42/h16-22,26-27H,23-25H2,1-15H3. The van der Waals surface area contributed by atoms with E-state index in [0.29, 0.717) is 23.8 Å². The molecular weight excluding hydrogens is 637 g/mol. The smallest absolute Gasteiger partial charge is 0.339 e. The van der Waals surface area contributed by atoms with E-state index in [1.165, 1.54) is 11.3 Å². The van der Waals surface area contributed by atoms with E-state index >= 15 is 0 Å². The zero-order valence-corrected chi connectivity index (χ0v) is 33.4. The molecule has 2 unspecified atom stereocenters. The van der Waals surface area contributed by atoms with Gasteiger partial charge in [0.1, 0.15) is 11.2 Å². The molecule has 0 saturated heterocycles. The molecule has 272 valence electrons. The van der Waals surface area contributed by atoms with Crippen molar-refractivity contribution in [2.45, 2.75) is 139 Å². The van der Waals surface area contributed by atoms with Gasteiger partial charge in [0.15, 0.2) is 11.2 Å². The monoisotopic (exact) mass is 696 g/mol. The van der Waals surface area contributed by atoms with E-state index < -0.39 is 28.4 Å². The van der Waals surface area contributed by atoms with Crippen LogP contribution in [0.25, 0.3) is 20.2 Å². The number of ether oxygens (including phenoxy) is 4. The van der Waals surface area contributed by atoms with Crippen LogP contribution >= 0.6 is 11.3 Å². The Morgan fingerprint density at radius 2 is 1.33 bits per heavy atom. The number of carbonyl (C=O) groups excluding carboxylic acids is 2. The third-order valence-corrected chi connectivity index (χ3v) is 12.4. The maximum absolute atomic E-state index is 13.8. The number of carbonyl (C=O) groups is 2. The Hall–Kier alpha value is -2.65. The number of fused-ring (bicyclic) bond motifs is 2. The molecule has 0 aliphatic carbocycles. The number of hydrogen-bond acceptors (Lipinski definition) is 8. The van der Waals surface area contributed by atoms with Gasteiger partial charge in [-0.1, -0.05) is 59.7 Å². The average molecular weight is 697 g/mol. The first-order valence-corrected chi connectivity index (χ1v) is 18.2. The van der Waals surface area contributed by atoms with E-state index in [-0.39, 0.29) is 46.2 Å². The molecule has 0 saturated carbocycles. The van der Waals surface area contributed by atoms with Crippen LogP contribution in [0, 0.1) is 16.7 Å². The van der Waals surface area contributed by atoms with Crippen LogP contribution in [0.15, 0.2) is 47.3 Å². The maximum atomic E-state index is 13.8. The molecule has 3 aromatic rings. The molecule has 0 spiro atoms. The van der Waals surface area contributed by atoms with Crippen molar-refractivity contribution in [3.63, 3.8) is 0 Å². The van der Waals surface area contributed by atoms with Gasteiger partial charge in [-0.3, -0.25) is 9.59 Å². The molecular formula is C41H60O7S. The van der Waals surface area contributed by atoms with Crippen molar-refractivity contribution < 1.29 is 28.5 Å². The van der Waals surface area contributed by atoms with Gasteiger partial charge in [0.25, 0.3) is 0 Å². The normalized spacial score (nSPS) is 15.4. The van der Waals surface area contributed by atoms with Crippen LogP contribution in [-0.2, 0) is 23.7 Å². The number of rotatable bonds is 16. The minimum Gasteiger partial charge on any atom is -0.453 e. The van der Waals surface area contributed by atoms with Gasteiger partial charge in [0.2, 0.25) is 0 Å². The van der Waals surface area contributed by atoms with Crippen LogP contribution in [0.2, 0.25) is 0 Å². The lowest BCUT2D eigenvalue weighted by Crippen LogP contribution is -2.51. The second-order valence-corrected chi connectivity index (χ2v) is 18.1. The van der Waals surface area contributed by atoms with Gasteiger partial charge in [0.05, 0.1) is 41.5 Å². The SMILES string of the molecule is CC(=O)C(C)(C)OCC(C)(C)C(C)(C)OC(C)CC(C)(C)C(C)(C)OCC(C)(OC(=O)c1cccc2sc3ccccc3c(=O)c12)C(C)C. The minimum absolute atomic E-state index is 0.0120. The molecule has 0 N–H and O–H groups in total. The Labute approximate surface area is 298 Å². The second kappa shape index (κ2) is 14.5. The summed E-state index contributed by atoms with van der Waals surface area (Å²) in [4.78, 5) is 39.4. The van der Waals surface area contributed by atoms with Crippen LogP contribution in [0.1, 0.15) is 121 Å². The van der Waals surface area contributed by atoms with E-state index in [9.17, 15) is 14.4 Å². The number of Topliss-reactive ketones (excluding diaryl/α,β-unsaturated/α-hetero) is 1. The first kappa shape index (κ1) is 40.8. The lowest BCUT2D eigenvalue weighted by Gasteiger charge is -2.48. The third kappa shape index (κ3) is 8.99. The molecule has 49 heavy (non-hydrogen) atoms.